The van der Waals surface area contributed by atoms with Gasteiger partial charge in [-0.2, -0.15) is 0 Å². The number of aliphatic hydroxyl groups excluding tert-OH is 1. The van der Waals surface area contributed by atoms with E-state index in [-0.39, 0.29) is 6.61 Å². The minimum Gasteiger partial charge on any atom is -0.396 e. The standard InChI is InChI=1S/C19H33N5O/c1-15-10-20-16(2)19(21-15)24-12-17(9-18(13-24)14-25)11-23-6-4-5-22(3)7-8-23/h10,17-18,25H,4-9,11-14H2,1-3H3/t17-,18+/m1/s1. The number of aliphatic hydroxyl groups is 1. The van der Waals surface area contributed by atoms with Crippen LogP contribution in [0.1, 0.15) is 24.2 Å². The van der Waals surface area contributed by atoms with Crippen molar-refractivity contribution in [3.05, 3.63) is 17.6 Å². The Morgan fingerprint density at radius 3 is 2.72 bits per heavy atom. The van der Waals surface area contributed by atoms with Gasteiger partial charge < -0.3 is 19.8 Å². The smallest absolute Gasteiger partial charge is 0.150 e. The molecule has 1 N–H and O–H groups in total. The predicted molar refractivity (Wildman–Crippen MR) is 101 cm³/mol. The third kappa shape index (κ3) is 4.90. The van der Waals surface area contributed by atoms with Crippen LogP contribution in [-0.2, 0) is 0 Å². The number of likely N-dealkylation sites (N-methyl/N-ethyl adjacent to an activating group) is 1. The number of aromatic nitrogens is 2. The van der Waals surface area contributed by atoms with E-state index in [0.717, 1.165) is 56.4 Å². The number of anilines is 1. The molecule has 140 valence electrons. The summed E-state index contributed by atoms with van der Waals surface area (Å²) in [5, 5.41) is 9.80. The van der Waals surface area contributed by atoms with Crippen molar-refractivity contribution in [3.63, 3.8) is 0 Å². The molecule has 0 spiro atoms. The number of hydrogen-bond donors (Lipinski definition) is 1. The van der Waals surface area contributed by atoms with Gasteiger partial charge in [-0.05, 0) is 58.7 Å². The van der Waals surface area contributed by atoms with Crippen LogP contribution >= 0.6 is 0 Å². The molecule has 0 bridgehead atoms. The molecule has 1 aromatic rings. The van der Waals surface area contributed by atoms with Gasteiger partial charge in [0.15, 0.2) is 0 Å². The Bertz CT molecular complexity index is 567. The van der Waals surface area contributed by atoms with Crippen molar-refractivity contribution in [1.82, 2.24) is 19.8 Å². The molecular formula is C19H33N5O. The monoisotopic (exact) mass is 347 g/mol. The lowest BCUT2D eigenvalue weighted by Gasteiger charge is -2.40. The van der Waals surface area contributed by atoms with Crippen LogP contribution in [0.3, 0.4) is 0 Å². The van der Waals surface area contributed by atoms with Crippen LogP contribution in [0.2, 0.25) is 0 Å². The quantitative estimate of drug-likeness (QED) is 0.882. The first kappa shape index (κ1) is 18.5. The van der Waals surface area contributed by atoms with Crippen molar-refractivity contribution < 1.29 is 5.11 Å². The van der Waals surface area contributed by atoms with E-state index < -0.39 is 0 Å². The van der Waals surface area contributed by atoms with E-state index in [0.29, 0.717) is 11.8 Å². The Labute approximate surface area is 151 Å². The maximum Gasteiger partial charge on any atom is 0.150 e. The summed E-state index contributed by atoms with van der Waals surface area (Å²) in [6, 6.07) is 0. The SMILES string of the molecule is Cc1cnc(C)c(N2C[C@@H](CN3CCCN(C)CC3)C[C@H](CO)C2)n1. The molecule has 1 aromatic heterocycles. The van der Waals surface area contributed by atoms with Crippen LogP contribution in [-0.4, -0.2) is 84.3 Å². The maximum absolute atomic E-state index is 9.80. The van der Waals surface area contributed by atoms with Crippen LogP contribution < -0.4 is 4.90 Å². The molecule has 3 heterocycles. The largest absolute Gasteiger partial charge is 0.396 e. The second kappa shape index (κ2) is 8.43. The number of hydrogen-bond acceptors (Lipinski definition) is 6. The average Bonchev–Trinajstić information content (AvgIpc) is 2.81. The maximum atomic E-state index is 9.80. The Hall–Kier alpha value is -1.24. The van der Waals surface area contributed by atoms with Crippen molar-refractivity contribution in [2.45, 2.75) is 26.7 Å². The lowest BCUT2D eigenvalue weighted by atomic mass is 9.89. The van der Waals surface area contributed by atoms with E-state index >= 15 is 0 Å². The molecule has 2 fully saturated rings. The van der Waals surface area contributed by atoms with Crippen LogP contribution in [0, 0.1) is 25.7 Å². The summed E-state index contributed by atoms with van der Waals surface area (Å²) in [6.07, 6.45) is 4.19. The van der Waals surface area contributed by atoms with Gasteiger partial charge in [-0.1, -0.05) is 0 Å². The van der Waals surface area contributed by atoms with E-state index in [9.17, 15) is 5.11 Å². The topological polar surface area (TPSA) is 55.7 Å². The molecule has 2 atom stereocenters. The molecule has 2 aliphatic rings. The highest BCUT2D eigenvalue weighted by molar-refractivity contribution is 5.44. The van der Waals surface area contributed by atoms with Gasteiger partial charge in [0.25, 0.3) is 0 Å². The number of piperidine rings is 1. The fraction of sp³-hybridized carbons (Fsp3) is 0.789. The van der Waals surface area contributed by atoms with Crippen molar-refractivity contribution in [1.29, 1.82) is 0 Å². The second-order valence-electron chi connectivity index (χ2n) is 7.93. The van der Waals surface area contributed by atoms with E-state index in [1.165, 1.54) is 19.5 Å². The lowest BCUT2D eigenvalue weighted by molar-refractivity contribution is 0.155. The average molecular weight is 348 g/mol. The van der Waals surface area contributed by atoms with E-state index in [2.05, 4.69) is 26.7 Å². The van der Waals surface area contributed by atoms with Gasteiger partial charge in [0.1, 0.15) is 5.82 Å². The molecule has 0 saturated carbocycles. The van der Waals surface area contributed by atoms with Gasteiger partial charge in [0.2, 0.25) is 0 Å². The summed E-state index contributed by atoms with van der Waals surface area (Å²) in [5.74, 6) is 1.91. The number of aryl methyl sites for hydroxylation is 2. The zero-order valence-corrected chi connectivity index (χ0v) is 16.0. The summed E-state index contributed by atoms with van der Waals surface area (Å²) in [4.78, 5) is 16.6. The molecule has 6 heteroatoms. The molecule has 6 nitrogen and oxygen atoms in total. The minimum absolute atomic E-state index is 0.258. The molecule has 2 aliphatic heterocycles. The normalized spacial score (nSPS) is 26.6. The van der Waals surface area contributed by atoms with Crippen LogP contribution in [0.15, 0.2) is 6.20 Å². The van der Waals surface area contributed by atoms with Gasteiger partial charge in [-0.3, -0.25) is 4.98 Å². The van der Waals surface area contributed by atoms with Crippen molar-refractivity contribution in [3.8, 4) is 0 Å². The van der Waals surface area contributed by atoms with E-state index in [4.69, 9.17) is 4.98 Å². The third-order valence-electron chi connectivity index (χ3n) is 5.56. The van der Waals surface area contributed by atoms with Crippen LogP contribution in [0.25, 0.3) is 0 Å². The van der Waals surface area contributed by atoms with E-state index in [1.807, 2.05) is 20.0 Å². The van der Waals surface area contributed by atoms with Gasteiger partial charge in [-0.25, -0.2) is 4.98 Å². The fourth-order valence-electron chi connectivity index (χ4n) is 4.23. The highest BCUT2D eigenvalue weighted by atomic mass is 16.3. The summed E-state index contributed by atoms with van der Waals surface area (Å²) >= 11 is 0. The summed E-state index contributed by atoms with van der Waals surface area (Å²) in [7, 11) is 2.22. The molecule has 0 aromatic carbocycles. The zero-order chi connectivity index (χ0) is 17.8. The predicted octanol–water partition coefficient (Wildman–Crippen LogP) is 1.17. The van der Waals surface area contributed by atoms with Crippen molar-refractivity contribution in [2.75, 3.05) is 64.4 Å². The fourth-order valence-corrected chi connectivity index (χ4v) is 4.23. The first-order valence-electron chi connectivity index (χ1n) is 9.62. The van der Waals surface area contributed by atoms with Gasteiger partial charge in [0.05, 0.1) is 11.4 Å². The Kier molecular flexibility index (Phi) is 6.25. The molecule has 0 unspecified atom stereocenters. The highest BCUT2D eigenvalue weighted by Gasteiger charge is 2.30. The third-order valence-corrected chi connectivity index (χ3v) is 5.56. The molecule has 3 rings (SSSR count). The summed E-state index contributed by atoms with van der Waals surface area (Å²) in [6.45, 7) is 12.0. The molecule has 0 aliphatic carbocycles. The first-order valence-corrected chi connectivity index (χ1v) is 9.62. The van der Waals surface area contributed by atoms with E-state index in [1.54, 1.807) is 0 Å². The summed E-state index contributed by atoms with van der Waals surface area (Å²) < 4.78 is 0. The van der Waals surface area contributed by atoms with Gasteiger partial charge in [-0.15, -0.1) is 0 Å². The lowest BCUT2D eigenvalue weighted by Crippen LogP contribution is -2.46. The van der Waals surface area contributed by atoms with Gasteiger partial charge >= 0.3 is 0 Å². The summed E-state index contributed by atoms with van der Waals surface area (Å²) in [5.41, 5.74) is 1.94. The van der Waals surface area contributed by atoms with Gasteiger partial charge in [0, 0.05) is 45.5 Å². The molecular weight excluding hydrogens is 314 g/mol. The number of rotatable bonds is 4. The number of nitrogens with zero attached hydrogens (tertiary/aromatic N) is 5. The molecule has 25 heavy (non-hydrogen) atoms. The molecule has 0 radical (unpaired) electrons. The Morgan fingerprint density at radius 1 is 1.12 bits per heavy atom. The van der Waals surface area contributed by atoms with Crippen molar-refractivity contribution in [2.24, 2.45) is 11.8 Å². The van der Waals surface area contributed by atoms with Crippen LogP contribution in [0.5, 0.6) is 0 Å². The molecule has 0 amide bonds. The molecule has 2 saturated heterocycles. The zero-order valence-electron chi connectivity index (χ0n) is 16.0. The second-order valence-corrected chi connectivity index (χ2v) is 7.93. The van der Waals surface area contributed by atoms with Crippen molar-refractivity contribution >= 4 is 5.82 Å². The first-order chi connectivity index (χ1) is 12.0. The van der Waals surface area contributed by atoms with Crippen LogP contribution in [0.4, 0.5) is 5.82 Å². The minimum atomic E-state index is 0.258. The highest BCUT2D eigenvalue weighted by Crippen LogP contribution is 2.27. The Balaban J connectivity index is 1.69. The Morgan fingerprint density at radius 2 is 1.92 bits per heavy atom.